The van der Waals surface area contributed by atoms with Crippen LogP contribution in [0.1, 0.15) is 6.42 Å². The highest BCUT2D eigenvalue weighted by Crippen LogP contribution is 2.20. The molecule has 8 heteroatoms. The maximum absolute atomic E-state index is 12.1. The Balaban J connectivity index is 1.86. The van der Waals surface area contributed by atoms with Crippen molar-refractivity contribution in [3.63, 3.8) is 0 Å². The Bertz CT molecular complexity index is 407. The summed E-state index contributed by atoms with van der Waals surface area (Å²) in [6.45, 7) is 1.89. The first-order chi connectivity index (χ1) is 9.11. The molecular formula is C11H20N6O2. The standard InChI is InChI=1S/C11H20N6O2/c1-15(2)10-6-16(5-9(10)7-18)11(19)3-4-17-8-12-13-14-17/h8-10,18H,3-7H2,1-2H3/t9-,10+/m0/s1. The molecule has 0 radical (unpaired) electrons. The summed E-state index contributed by atoms with van der Waals surface area (Å²) >= 11 is 0. The van der Waals surface area contributed by atoms with Crippen LogP contribution in [0.25, 0.3) is 0 Å². The van der Waals surface area contributed by atoms with Crippen molar-refractivity contribution in [1.29, 1.82) is 0 Å². The number of tetrazole rings is 1. The third-order valence-electron chi connectivity index (χ3n) is 3.60. The first kappa shape index (κ1) is 13.9. The van der Waals surface area contributed by atoms with Gasteiger partial charge in [-0.1, -0.05) is 0 Å². The SMILES string of the molecule is CN(C)[C@@H]1CN(C(=O)CCn2cnnn2)C[C@H]1CO. The maximum Gasteiger partial charge on any atom is 0.224 e. The highest BCUT2D eigenvalue weighted by molar-refractivity contribution is 5.76. The molecule has 2 atom stereocenters. The molecule has 0 bridgehead atoms. The lowest BCUT2D eigenvalue weighted by atomic mass is 10.0. The highest BCUT2D eigenvalue weighted by Gasteiger charge is 2.35. The van der Waals surface area contributed by atoms with Crippen LogP contribution in [-0.4, -0.2) is 80.9 Å². The first-order valence-electron chi connectivity index (χ1n) is 6.37. The molecule has 1 aromatic heterocycles. The van der Waals surface area contributed by atoms with E-state index in [2.05, 4.69) is 20.4 Å². The topological polar surface area (TPSA) is 87.4 Å². The second-order valence-corrected chi connectivity index (χ2v) is 5.10. The summed E-state index contributed by atoms with van der Waals surface area (Å²) in [4.78, 5) is 16.0. The third kappa shape index (κ3) is 3.27. The monoisotopic (exact) mass is 268 g/mol. The summed E-state index contributed by atoms with van der Waals surface area (Å²) in [5.41, 5.74) is 0. The summed E-state index contributed by atoms with van der Waals surface area (Å²) < 4.78 is 1.54. The number of hydrogen-bond donors (Lipinski definition) is 1. The average Bonchev–Trinajstić information content (AvgIpc) is 3.04. The molecule has 1 aliphatic heterocycles. The zero-order valence-electron chi connectivity index (χ0n) is 11.3. The Kier molecular flexibility index (Phi) is 4.43. The Morgan fingerprint density at radius 2 is 2.26 bits per heavy atom. The summed E-state index contributed by atoms with van der Waals surface area (Å²) in [5.74, 6) is 0.213. The van der Waals surface area contributed by atoms with Crippen LogP contribution < -0.4 is 0 Å². The highest BCUT2D eigenvalue weighted by atomic mass is 16.3. The molecule has 1 saturated heterocycles. The predicted molar refractivity (Wildman–Crippen MR) is 67.1 cm³/mol. The molecule has 106 valence electrons. The molecule has 1 amide bonds. The van der Waals surface area contributed by atoms with Crippen LogP contribution in [0.2, 0.25) is 0 Å². The third-order valence-corrected chi connectivity index (χ3v) is 3.60. The van der Waals surface area contributed by atoms with Crippen LogP contribution >= 0.6 is 0 Å². The largest absolute Gasteiger partial charge is 0.396 e. The molecule has 1 fully saturated rings. The second kappa shape index (κ2) is 6.07. The fourth-order valence-electron chi connectivity index (χ4n) is 2.47. The number of aromatic nitrogens is 4. The summed E-state index contributed by atoms with van der Waals surface area (Å²) in [7, 11) is 3.95. The Morgan fingerprint density at radius 1 is 1.47 bits per heavy atom. The number of hydrogen-bond acceptors (Lipinski definition) is 6. The summed E-state index contributed by atoms with van der Waals surface area (Å²) in [6.07, 6.45) is 1.87. The number of aliphatic hydroxyl groups excluding tert-OH is 1. The normalized spacial score (nSPS) is 23.3. The fourth-order valence-corrected chi connectivity index (χ4v) is 2.47. The number of aryl methyl sites for hydroxylation is 1. The van der Waals surface area contributed by atoms with Gasteiger partial charge in [0.25, 0.3) is 0 Å². The van der Waals surface area contributed by atoms with Crippen molar-refractivity contribution in [1.82, 2.24) is 30.0 Å². The van der Waals surface area contributed by atoms with Gasteiger partial charge in [0.1, 0.15) is 6.33 Å². The van der Waals surface area contributed by atoms with Crippen LogP contribution in [0.3, 0.4) is 0 Å². The van der Waals surface area contributed by atoms with Gasteiger partial charge in [-0.15, -0.1) is 5.10 Å². The van der Waals surface area contributed by atoms with Gasteiger partial charge in [0.2, 0.25) is 5.91 Å². The minimum atomic E-state index is 0.0818. The summed E-state index contributed by atoms with van der Waals surface area (Å²) in [6, 6.07) is 0.224. The smallest absolute Gasteiger partial charge is 0.224 e. The number of rotatable bonds is 5. The van der Waals surface area contributed by atoms with Gasteiger partial charge in [-0.3, -0.25) is 4.79 Å². The molecule has 0 aliphatic carbocycles. The van der Waals surface area contributed by atoms with Crippen LogP contribution in [0.4, 0.5) is 0 Å². The zero-order valence-corrected chi connectivity index (χ0v) is 11.3. The summed E-state index contributed by atoms with van der Waals surface area (Å²) in [5, 5.41) is 20.1. The van der Waals surface area contributed by atoms with Gasteiger partial charge in [-0.25, -0.2) is 4.68 Å². The van der Waals surface area contributed by atoms with Crippen molar-refractivity contribution >= 4 is 5.91 Å². The van der Waals surface area contributed by atoms with E-state index in [1.807, 2.05) is 19.0 Å². The van der Waals surface area contributed by atoms with E-state index in [1.165, 1.54) is 6.33 Å². The molecule has 0 unspecified atom stereocenters. The van der Waals surface area contributed by atoms with Crippen LogP contribution in [0, 0.1) is 5.92 Å². The van der Waals surface area contributed by atoms with Crippen LogP contribution in [0.15, 0.2) is 6.33 Å². The predicted octanol–water partition coefficient (Wildman–Crippen LogP) is -1.56. The molecule has 2 rings (SSSR count). The van der Waals surface area contributed by atoms with Crippen molar-refractivity contribution in [2.24, 2.45) is 5.92 Å². The second-order valence-electron chi connectivity index (χ2n) is 5.10. The quantitative estimate of drug-likeness (QED) is 0.695. The molecule has 1 aliphatic rings. The van der Waals surface area contributed by atoms with Gasteiger partial charge in [0, 0.05) is 38.1 Å². The van der Waals surface area contributed by atoms with E-state index < -0.39 is 0 Å². The minimum Gasteiger partial charge on any atom is -0.396 e. The molecule has 1 aromatic rings. The number of carbonyl (C=O) groups is 1. The molecule has 2 heterocycles. The van der Waals surface area contributed by atoms with E-state index >= 15 is 0 Å². The number of likely N-dealkylation sites (N-methyl/N-ethyl adjacent to an activating group) is 1. The molecular weight excluding hydrogens is 248 g/mol. The van der Waals surface area contributed by atoms with E-state index in [-0.39, 0.29) is 24.5 Å². The van der Waals surface area contributed by atoms with Gasteiger partial charge in [0.05, 0.1) is 6.54 Å². The van der Waals surface area contributed by atoms with Crippen molar-refractivity contribution < 1.29 is 9.90 Å². The lowest BCUT2D eigenvalue weighted by Crippen LogP contribution is -2.37. The van der Waals surface area contributed by atoms with Gasteiger partial charge < -0.3 is 14.9 Å². The molecule has 0 saturated carbocycles. The van der Waals surface area contributed by atoms with Crippen molar-refractivity contribution in [2.75, 3.05) is 33.8 Å². The van der Waals surface area contributed by atoms with Gasteiger partial charge in [0.15, 0.2) is 0 Å². The molecule has 8 nitrogen and oxygen atoms in total. The lowest BCUT2D eigenvalue weighted by molar-refractivity contribution is -0.130. The van der Waals surface area contributed by atoms with Gasteiger partial charge >= 0.3 is 0 Å². The average molecular weight is 268 g/mol. The first-order valence-corrected chi connectivity index (χ1v) is 6.37. The van der Waals surface area contributed by atoms with Crippen molar-refractivity contribution in [2.45, 2.75) is 19.0 Å². The zero-order chi connectivity index (χ0) is 13.8. The molecule has 0 spiro atoms. The van der Waals surface area contributed by atoms with E-state index in [1.54, 1.807) is 4.68 Å². The van der Waals surface area contributed by atoms with E-state index in [9.17, 15) is 9.90 Å². The number of carbonyl (C=O) groups excluding carboxylic acids is 1. The number of likely N-dealkylation sites (tertiary alicyclic amines) is 1. The van der Waals surface area contributed by atoms with E-state index in [0.29, 0.717) is 26.1 Å². The number of nitrogens with zero attached hydrogens (tertiary/aromatic N) is 6. The number of aliphatic hydroxyl groups is 1. The number of amides is 1. The van der Waals surface area contributed by atoms with Crippen molar-refractivity contribution in [3.05, 3.63) is 6.33 Å². The lowest BCUT2D eigenvalue weighted by Gasteiger charge is -2.23. The molecule has 0 aromatic carbocycles. The van der Waals surface area contributed by atoms with Crippen molar-refractivity contribution in [3.8, 4) is 0 Å². The van der Waals surface area contributed by atoms with E-state index in [0.717, 1.165) is 0 Å². The Labute approximate surface area is 112 Å². The van der Waals surface area contributed by atoms with E-state index in [4.69, 9.17) is 0 Å². The van der Waals surface area contributed by atoms with Gasteiger partial charge in [-0.05, 0) is 24.5 Å². The Hall–Kier alpha value is -1.54. The maximum atomic E-state index is 12.1. The molecule has 19 heavy (non-hydrogen) atoms. The van der Waals surface area contributed by atoms with Gasteiger partial charge in [-0.2, -0.15) is 0 Å². The Morgan fingerprint density at radius 3 is 2.79 bits per heavy atom. The minimum absolute atomic E-state index is 0.0818. The molecule has 1 N–H and O–H groups in total. The fraction of sp³-hybridized carbons (Fsp3) is 0.818. The van der Waals surface area contributed by atoms with Crippen LogP contribution in [0.5, 0.6) is 0 Å². The van der Waals surface area contributed by atoms with Crippen LogP contribution in [-0.2, 0) is 11.3 Å².